The third-order valence-electron chi connectivity index (χ3n) is 6.09. The number of benzene rings is 1. The highest BCUT2D eigenvalue weighted by molar-refractivity contribution is 7.89. The van der Waals surface area contributed by atoms with E-state index in [2.05, 4.69) is 41.3 Å². The first-order valence-corrected chi connectivity index (χ1v) is 12.2. The summed E-state index contributed by atoms with van der Waals surface area (Å²) in [6.07, 6.45) is 2.76. The van der Waals surface area contributed by atoms with Gasteiger partial charge in [-0.15, -0.1) is 10.2 Å². The highest BCUT2D eigenvalue weighted by Gasteiger charge is 2.33. The minimum Gasteiger partial charge on any atom is -0.216 e. The Morgan fingerprint density at radius 3 is 2.26 bits per heavy atom. The number of hydrogen-bond donors (Lipinski definition) is 0. The molecule has 0 aliphatic carbocycles. The summed E-state index contributed by atoms with van der Waals surface area (Å²) in [4.78, 5) is 0.281. The topological polar surface area (TPSA) is 81.0 Å². The molecule has 0 saturated carbocycles. The lowest BCUT2D eigenvalue weighted by molar-refractivity contribution is 0.288. The van der Waals surface area contributed by atoms with Crippen LogP contribution in [-0.2, 0) is 16.4 Å². The Labute approximate surface area is 184 Å². The van der Waals surface area contributed by atoms with Crippen LogP contribution in [0.2, 0.25) is 0 Å². The Morgan fingerprint density at radius 1 is 1.00 bits per heavy atom. The zero-order chi connectivity index (χ0) is 22.2. The molecule has 3 aromatic rings. The van der Waals surface area contributed by atoms with E-state index in [1.54, 1.807) is 22.8 Å². The third-order valence-corrected chi connectivity index (χ3v) is 8.24. The quantitative estimate of drug-likeness (QED) is 0.602. The van der Waals surface area contributed by atoms with Crippen LogP contribution in [0.5, 0.6) is 0 Å². The molecule has 1 aromatic carbocycles. The lowest BCUT2D eigenvalue weighted by Gasteiger charge is -2.29. The molecule has 4 rings (SSSR count). The summed E-state index contributed by atoms with van der Waals surface area (Å²) in [5.74, 6) is 1.06. The lowest BCUT2D eigenvalue weighted by Crippen LogP contribution is -2.38. The van der Waals surface area contributed by atoms with Gasteiger partial charge in [0.05, 0.1) is 17.1 Å². The van der Waals surface area contributed by atoms with Crippen LogP contribution in [-0.4, -0.2) is 45.8 Å². The van der Waals surface area contributed by atoms with Crippen molar-refractivity contribution in [1.82, 2.24) is 24.3 Å². The van der Waals surface area contributed by atoms with Crippen LogP contribution in [0.15, 0.2) is 41.3 Å². The molecule has 0 amide bonds. The summed E-state index contributed by atoms with van der Waals surface area (Å²) >= 11 is 0. The van der Waals surface area contributed by atoms with Crippen LogP contribution in [0.25, 0.3) is 17.1 Å². The van der Waals surface area contributed by atoms with Crippen LogP contribution >= 0.6 is 0 Å². The van der Waals surface area contributed by atoms with Crippen molar-refractivity contribution in [3.05, 3.63) is 53.3 Å². The highest BCUT2D eigenvalue weighted by Crippen LogP contribution is 2.28. The number of nitrogens with zero attached hydrogens (tertiary/aromatic N) is 5. The third kappa shape index (κ3) is 4.14. The van der Waals surface area contributed by atoms with Gasteiger partial charge in [-0.05, 0) is 56.7 Å². The molecule has 1 aliphatic rings. The van der Waals surface area contributed by atoms with Gasteiger partial charge in [0.2, 0.25) is 10.0 Å². The fourth-order valence-electron chi connectivity index (χ4n) is 4.08. The Kier molecular flexibility index (Phi) is 5.94. The molecule has 0 atom stereocenters. The lowest BCUT2D eigenvalue weighted by atomic mass is 10.0. The first kappa shape index (κ1) is 21.6. The van der Waals surface area contributed by atoms with Gasteiger partial charge in [-0.25, -0.2) is 13.1 Å². The molecule has 31 heavy (non-hydrogen) atoms. The van der Waals surface area contributed by atoms with Crippen LogP contribution in [0.4, 0.5) is 0 Å². The summed E-state index contributed by atoms with van der Waals surface area (Å²) in [6, 6.07) is 12.0. The van der Waals surface area contributed by atoms with E-state index >= 15 is 0 Å². The van der Waals surface area contributed by atoms with E-state index in [-0.39, 0.29) is 4.90 Å². The second kappa shape index (κ2) is 8.51. The van der Waals surface area contributed by atoms with E-state index in [1.807, 2.05) is 24.3 Å². The van der Waals surface area contributed by atoms with Crippen molar-refractivity contribution in [2.75, 3.05) is 13.1 Å². The maximum atomic E-state index is 13.3. The molecule has 7 nitrogen and oxygen atoms in total. The molecule has 8 heteroatoms. The number of aryl methyl sites for hydroxylation is 2. The zero-order valence-electron chi connectivity index (χ0n) is 18.5. The van der Waals surface area contributed by atoms with E-state index < -0.39 is 10.0 Å². The minimum absolute atomic E-state index is 0.281. The molecule has 0 spiro atoms. The monoisotopic (exact) mass is 439 g/mol. The normalized spacial score (nSPS) is 16.0. The van der Waals surface area contributed by atoms with Crippen molar-refractivity contribution in [2.45, 2.75) is 51.9 Å². The van der Waals surface area contributed by atoms with Crippen molar-refractivity contribution in [1.29, 1.82) is 0 Å². The summed E-state index contributed by atoms with van der Waals surface area (Å²) in [7, 11) is -3.59. The Bertz CT molecular complexity index is 1160. The van der Waals surface area contributed by atoms with E-state index in [4.69, 9.17) is 0 Å². The predicted octanol–water partition coefficient (Wildman–Crippen LogP) is 3.93. The van der Waals surface area contributed by atoms with Crippen molar-refractivity contribution in [3.8, 4) is 17.1 Å². The molecule has 164 valence electrons. The van der Waals surface area contributed by atoms with E-state index in [1.165, 1.54) is 5.56 Å². The predicted molar refractivity (Wildman–Crippen MR) is 121 cm³/mol. The fraction of sp³-hybridized carbons (Fsp3) is 0.435. The molecule has 2 aromatic heterocycles. The summed E-state index contributed by atoms with van der Waals surface area (Å²) in [6.45, 7) is 8.91. The number of rotatable bonds is 5. The van der Waals surface area contributed by atoms with Crippen molar-refractivity contribution in [2.24, 2.45) is 5.92 Å². The maximum Gasteiger partial charge on any atom is 0.246 e. The van der Waals surface area contributed by atoms with E-state index in [0.29, 0.717) is 36.2 Å². The molecule has 3 heterocycles. The standard InChI is InChI=1S/C23H29N5O2S/c1-5-19-6-8-20(9-7-19)21-10-11-22(25-24-21)28-18(4)23(17(3)26-28)31(29,30)27-14-12-16(2)13-15-27/h6-11,16H,5,12-15H2,1-4H3. The second-order valence-electron chi connectivity index (χ2n) is 8.33. The first-order valence-electron chi connectivity index (χ1n) is 10.8. The molecular formula is C23H29N5O2S. The largest absolute Gasteiger partial charge is 0.246 e. The van der Waals surface area contributed by atoms with Crippen molar-refractivity contribution in [3.63, 3.8) is 0 Å². The minimum atomic E-state index is -3.59. The van der Waals surface area contributed by atoms with Crippen LogP contribution in [0.3, 0.4) is 0 Å². The Hall–Kier alpha value is -2.58. The molecule has 0 unspecified atom stereocenters. The van der Waals surface area contributed by atoms with E-state index in [0.717, 1.165) is 30.5 Å². The average molecular weight is 440 g/mol. The van der Waals surface area contributed by atoms with Gasteiger partial charge in [-0.3, -0.25) is 0 Å². The average Bonchev–Trinajstić information content (AvgIpc) is 3.08. The molecular weight excluding hydrogens is 410 g/mol. The summed E-state index contributed by atoms with van der Waals surface area (Å²) in [5.41, 5.74) is 4.07. The van der Waals surface area contributed by atoms with Crippen LogP contribution in [0.1, 0.15) is 43.6 Å². The SMILES string of the molecule is CCc1ccc(-c2ccc(-n3nc(C)c(S(=O)(=O)N4CCC(C)CC4)c3C)nn2)cc1. The molecule has 0 N–H and O–H groups in total. The van der Waals surface area contributed by atoms with Gasteiger partial charge in [-0.2, -0.15) is 9.40 Å². The van der Waals surface area contributed by atoms with Crippen molar-refractivity contribution >= 4 is 10.0 Å². The van der Waals surface area contributed by atoms with Gasteiger partial charge < -0.3 is 0 Å². The summed E-state index contributed by atoms with van der Waals surface area (Å²) < 4.78 is 29.8. The summed E-state index contributed by atoms with van der Waals surface area (Å²) in [5, 5.41) is 13.2. The van der Waals surface area contributed by atoms with Gasteiger partial charge in [0.1, 0.15) is 4.90 Å². The van der Waals surface area contributed by atoms with Crippen LogP contribution < -0.4 is 0 Å². The Morgan fingerprint density at radius 2 is 1.68 bits per heavy atom. The molecule has 1 fully saturated rings. The van der Waals surface area contributed by atoms with Gasteiger partial charge in [0.15, 0.2) is 5.82 Å². The molecule has 1 aliphatic heterocycles. The number of sulfonamides is 1. The zero-order valence-corrected chi connectivity index (χ0v) is 19.4. The molecule has 0 bridgehead atoms. The van der Waals surface area contributed by atoms with Crippen LogP contribution in [0, 0.1) is 19.8 Å². The number of aromatic nitrogens is 4. The van der Waals surface area contributed by atoms with Gasteiger partial charge in [0.25, 0.3) is 0 Å². The number of piperidine rings is 1. The van der Waals surface area contributed by atoms with Gasteiger partial charge >= 0.3 is 0 Å². The van der Waals surface area contributed by atoms with Gasteiger partial charge in [0, 0.05) is 18.7 Å². The smallest absolute Gasteiger partial charge is 0.216 e. The molecule has 1 saturated heterocycles. The first-order chi connectivity index (χ1) is 14.8. The fourth-order valence-corrected chi connectivity index (χ4v) is 5.91. The number of hydrogen-bond acceptors (Lipinski definition) is 5. The van der Waals surface area contributed by atoms with E-state index in [9.17, 15) is 8.42 Å². The molecule has 0 radical (unpaired) electrons. The highest BCUT2D eigenvalue weighted by atomic mass is 32.2. The van der Waals surface area contributed by atoms with Crippen molar-refractivity contribution < 1.29 is 8.42 Å². The second-order valence-corrected chi connectivity index (χ2v) is 10.2. The van der Waals surface area contributed by atoms with Gasteiger partial charge in [-0.1, -0.05) is 38.1 Å². The Balaban J connectivity index is 1.64. The maximum absolute atomic E-state index is 13.3.